The van der Waals surface area contributed by atoms with Crippen LogP contribution in [0, 0.1) is 0 Å². The van der Waals surface area contributed by atoms with E-state index in [0.29, 0.717) is 6.42 Å². The maximum absolute atomic E-state index is 11.2. The number of amides is 1. The number of rotatable bonds is 6. The fourth-order valence-corrected chi connectivity index (χ4v) is 1.18. The molecule has 0 aliphatic heterocycles. The average Bonchev–Trinajstić information content (AvgIpc) is 2.37. The molecule has 0 spiro atoms. The normalized spacial score (nSPS) is 11.6. The number of carbonyl (C=O) groups is 2. The lowest BCUT2D eigenvalue weighted by atomic mass is 10.2. The lowest BCUT2D eigenvalue weighted by Gasteiger charge is -2.11. The zero-order chi connectivity index (χ0) is 13.4. The first-order chi connectivity index (χ1) is 8.63. The van der Waals surface area contributed by atoms with Crippen molar-refractivity contribution >= 4 is 12.1 Å². The van der Waals surface area contributed by atoms with Gasteiger partial charge in [-0.3, -0.25) is 4.98 Å². The second-order valence-corrected chi connectivity index (χ2v) is 3.46. The van der Waals surface area contributed by atoms with E-state index in [4.69, 9.17) is 14.9 Å². The van der Waals surface area contributed by atoms with Gasteiger partial charge in [0.2, 0.25) is 0 Å². The van der Waals surface area contributed by atoms with Crippen molar-refractivity contribution in [2.75, 3.05) is 13.2 Å². The van der Waals surface area contributed by atoms with Crippen LogP contribution in [0.3, 0.4) is 0 Å². The molecule has 0 bridgehead atoms. The van der Waals surface area contributed by atoms with Crippen molar-refractivity contribution in [3.05, 3.63) is 30.1 Å². The maximum Gasteiger partial charge on any atom is 0.407 e. The molecule has 98 valence electrons. The summed E-state index contributed by atoms with van der Waals surface area (Å²) in [5.41, 5.74) is 0.953. The Balaban J connectivity index is 2.27. The molecule has 3 N–H and O–H groups in total. The summed E-state index contributed by atoms with van der Waals surface area (Å²) in [5, 5.41) is 19.3. The predicted octanol–water partition coefficient (Wildman–Crippen LogP) is -0.204. The summed E-state index contributed by atoms with van der Waals surface area (Å²) in [7, 11) is 0. The van der Waals surface area contributed by atoms with E-state index in [1.165, 1.54) is 0 Å². The number of carboxylic acids is 1. The molecule has 1 aromatic rings. The van der Waals surface area contributed by atoms with Crippen molar-refractivity contribution in [1.29, 1.82) is 0 Å². The van der Waals surface area contributed by atoms with Crippen molar-refractivity contribution in [2.24, 2.45) is 0 Å². The van der Waals surface area contributed by atoms with Crippen LogP contribution in [0.2, 0.25) is 0 Å². The third-order valence-corrected chi connectivity index (χ3v) is 2.15. The Morgan fingerprint density at radius 1 is 1.39 bits per heavy atom. The van der Waals surface area contributed by atoms with Crippen LogP contribution in [0.1, 0.15) is 5.56 Å². The third-order valence-electron chi connectivity index (χ3n) is 2.15. The summed E-state index contributed by atoms with van der Waals surface area (Å²) < 4.78 is 4.78. The number of pyridine rings is 1. The number of aromatic nitrogens is 1. The van der Waals surface area contributed by atoms with E-state index >= 15 is 0 Å². The predicted molar refractivity (Wildman–Crippen MR) is 60.9 cm³/mol. The van der Waals surface area contributed by atoms with Gasteiger partial charge >= 0.3 is 12.1 Å². The molecular weight excluding hydrogens is 240 g/mol. The summed E-state index contributed by atoms with van der Waals surface area (Å²) in [5.74, 6) is -1.32. The molecule has 0 aromatic carbocycles. The Hall–Kier alpha value is -2.15. The van der Waals surface area contributed by atoms with Crippen LogP contribution in [0.4, 0.5) is 4.79 Å². The highest BCUT2D eigenvalue weighted by Gasteiger charge is 2.19. The molecule has 1 aromatic heterocycles. The van der Waals surface area contributed by atoms with E-state index < -0.39 is 24.7 Å². The first-order valence-electron chi connectivity index (χ1n) is 5.29. The molecule has 0 saturated carbocycles. The molecule has 7 nitrogen and oxygen atoms in total. The van der Waals surface area contributed by atoms with Crippen LogP contribution in [0.5, 0.6) is 0 Å². The molecule has 1 atom stereocenters. The standard InChI is InChI=1S/C11H14N2O5/c14-7-9(10(15)16)13-11(17)18-6-3-8-1-4-12-5-2-8/h1-2,4-5,9,14H,3,6-7H2,(H,13,17)(H,15,16)/t9-/m0/s1. The SMILES string of the molecule is O=C(N[C@@H](CO)C(=O)O)OCCc1ccncc1. The smallest absolute Gasteiger partial charge is 0.407 e. The molecular formula is C11H14N2O5. The van der Waals surface area contributed by atoms with E-state index in [0.717, 1.165) is 5.56 Å². The molecule has 0 radical (unpaired) electrons. The van der Waals surface area contributed by atoms with Crippen LogP contribution in [-0.4, -0.2) is 46.5 Å². The van der Waals surface area contributed by atoms with E-state index in [-0.39, 0.29) is 6.61 Å². The number of hydrogen-bond donors (Lipinski definition) is 3. The molecule has 7 heteroatoms. The van der Waals surface area contributed by atoms with Gasteiger partial charge in [-0.1, -0.05) is 0 Å². The zero-order valence-corrected chi connectivity index (χ0v) is 9.57. The molecule has 1 rings (SSSR count). The molecule has 0 saturated heterocycles. The Morgan fingerprint density at radius 3 is 2.61 bits per heavy atom. The van der Waals surface area contributed by atoms with E-state index in [1.54, 1.807) is 24.5 Å². The minimum Gasteiger partial charge on any atom is -0.480 e. The van der Waals surface area contributed by atoms with E-state index in [2.05, 4.69) is 4.98 Å². The summed E-state index contributed by atoms with van der Waals surface area (Å²) in [6.45, 7) is -0.567. The van der Waals surface area contributed by atoms with Gasteiger partial charge in [-0.25, -0.2) is 9.59 Å². The largest absolute Gasteiger partial charge is 0.480 e. The first kappa shape index (κ1) is 13.9. The third kappa shape index (κ3) is 4.79. The highest BCUT2D eigenvalue weighted by Crippen LogP contribution is 1.97. The van der Waals surface area contributed by atoms with Gasteiger partial charge in [0.05, 0.1) is 13.2 Å². The molecule has 18 heavy (non-hydrogen) atoms. The number of aliphatic hydroxyl groups is 1. The molecule has 0 aliphatic carbocycles. The zero-order valence-electron chi connectivity index (χ0n) is 9.57. The Morgan fingerprint density at radius 2 is 2.06 bits per heavy atom. The van der Waals surface area contributed by atoms with Crippen molar-refractivity contribution in [2.45, 2.75) is 12.5 Å². The van der Waals surface area contributed by atoms with Crippen molar-refractivity contribution in [3.8, 4) is 0 Å². The number of carboxylic acid groups (broad SMARTS) is 1. The maximum atomic E-state index is 11.2. The Labute approximate surface area is 103 Å². The molecule has 0 fully saturated rings. The van der Waals surface area contributed by atoms with Gasteiger partial charge in [0.25, 0.3) is 0 Å². The molecule has 0 aliphatic rings. The molecule has 1 heterocycles. The highest BCUT2D eigenvalue weighted by atomic mass is 16.5. The molecule has 0 unspecified atom stereocenters. The number of ether oxygens (including phenoxy) is 1. The first-order valence-corrected chi connectivity index (χ1v) is 5.29. The number of nitrogens with one attached hydrogen (secondary N) is 1. The van der Waals surface area contributed by atoms with Crippen LogP contribution in [-0.2, 0) is 16.0 Å². The number of aliphatic hydroxyl groups excluding tert-OH is 1. The van der Waals surface area contributed by atoms with Gasteiger partial charge in [-0.2, -0.15) is 0 Å². The van der Waals surface area contributed by atoms with Crippen LogP contribution in [0.25, 0.3) is 0 Å². The van der Waals surface area contributed by atoms with Gasteiger partial charge < -0.3 is 20.3 Å². The fraction of sp³-hybridized carbons (Fsp3) is 0.364. The van der Waals surface area contributed by atoms with Crippen LogP contribution < -0.4 is 5.32 Å². The fourth-order valence-electron chi connectivity index (χ4n) is 1.18. The van der Waals surface area contributed by atoms with Crippen LogP contribution in [0.15, 0.2) is 24.5 Å². The topological polar surface area (TPSA) is 109 Å². The number of nitrogens with zero attached hydrogens (tertiary/aromatic N) is 1. The summed E-state index contributed by atoms with van der Waals surface area (Å²) in [6, 6.07) is 2.22. The van der Waals surface area contributed by atoms with E-state index in [9.17, 15) is 9.59 Å². The number of aliphatic carboxylic acids is 1. The summed E-state index contributed by atoms with van der Waals surface area (Å²) >= 11 is 0. The monoisotopic (exact) mass is 254 g/mol. The number of hydrogen-bond acceptors (Lipinski definition) is 5. The minimum atomic E-state index is -1.35. The summed E-state index contributed by atoms with van der Waals surface area (Å²) in [6.07, 6.45) is 2.89. The molecule has 1 amide bonds. The van der Waals surface area contributed by atoms with E-state index in [1.807, 2.05) is 5.32 Å². The number of alkyl carbamates (subject to hydrolysis) is 1. The Kier molecular flexibility index (Phi) is 5.59. The summed E-state index contributed by atoms with van der Waals surface area (Å²) in [4.78, 5) is 25.6. The second-order valence-electron chi connectivity index (χ2n) is 3.46. The van der Waals surface area contributed by atoms with Crippen LogP contribution >= 0.6 is 0 Å². The van der Waals surface area contributed by atoms with Crippen molar-refractivity contribution in [1.82, 2.24) is 10.3 Å². The average molecular weight is 254 g/mol. The second kappa shape index (κ2) is 7.23. The van der Waals surface area contributed by atoms with Gasteiger partial charge in [0.15, 0.2) is 6.04 Å². The lowest BCUT2D eigenvalue weighted by molar-refractivity contribution is -0.140. The lowest BCUT2D eigenvalue weighted by Crippen LogP contribution is -2.43. The van der Waals surface area contributed by atoms with Gasteiger partial charge in [0, 0.05) is 18.8 Å². The van der Waals surface area contributed by atoms with Crippen molar-refractivity contribution < 1.29 is 24.5 Å². The van der Waals surface area contributed by atoms with Gasteiger partial charge in [-0.15, -0.1) is 0 Å². The van der Waals surface area contributed by atoms with Gasteiger partial charge in [-0.05, 0) is 17.7 Å². The van der Waals surface area contributed by atoms with Crippen molar-refractivity contribution in [3.63, 3.8) is 0 Å². The minimum absolute atomic E-state index is 0.119. The highest BCUT2D eigenvalue weighted by molar-refractivity contribution is 5.79. The quantitative estimate of drug-likeness (QED) is 0.648. The number of carbonyl (C=O) groups excluding carboxylic acids is 1. The Bertz CT molecular complexity index is 396. The van der Waals surface area contributed by atoms with Gasteiger partial charge in [0.1, 0.15) is 0 Å².